The summed E-state index contributed by atoms with van der Waals surface area (Å²) in [6.45, 7) is 53.8. The Morgan fingerprint density at radius 2 is 0.640 bits per heavy atom. The van der Waals surface area contributed by atoms with E-state index in [0.29, 0.717) is 0 Å². The Morgan fingerprint density at radius 1 is 0.300 bits per heavy atom. The molecule has 0 N–H and O–H groups in total. The maximum Gasteiger partial charge on any atom is 0.252 e. The van der Waals surface area contributed by atoms with Crippen molar-refractivity contribution in [2.45, 2.75) is 203 Å². The molecule has 0 atom stereocenters. The SMILES string of the molecule is CC(C)(C)c1ccc(N(c2ccc(C(C)(C)C)cc2)c2cc3c4c(c2)N(c2cc(N(c5ccc(C(C)(C)C)cc5)c5ccc(C(C)(C)C)cc5)cc5c2C(C)(C)c2ccc6ccccc6c2-5)c2ccc(C(C)(C)C)cc2B4c2cc(C(C)(C)C)ccc2N3c2ccc(C(C)(C)C)cc2)cc1. The van der Waals surface area contributed by atoms with E-state index in [0.717, 1.165) is 56.9 Å². The minimum atomic E-state index is -0.458. The number of hydrogen-bond donors (Lipinski definition) is 0. The summed E-state index contributed by atoms with van der Waals surface area (Å²) in [4.78, 5) is 10.5. The van der Waals surface area contributed by atoms with E-state index >= 15 is 0 Å². The fourth-order valence-electron chi connectivity index (χ4n) is 16.0. The lowest BCUT2D eigenvalue weighted by Crippen LogP contribution is -2.61. The highest BCUT2D eigenvalue weighted by molar-refractivity contribution is 7.00. The van der Waals surface area contributed by atoms with Crippen LogP contribution in [-0.4, -0.2) is 6.71 Å². The van der Waals surface area contributed by atoms with Crippen LogP contribution >= 0.6 is 0 Å². The third-order valence-electron chi connectivity index (χ3n) is 22.1. The van der Waals surface area contributed by atoms with Gasteiger partial charge in [0.15, 0.2) is 0 Å². The molecule has 11 aromatic carbocycles. The summed E-state index contributed by atoms with van der Waals surface area (Å²) in [5.41, 5.74) is 30.9. The summed E-state index contributed by atoms with van der Waals surface area (Å²) in [5, 5.41) is 2.51. The third kappa shape index (κ3) is 11.8. The van der Waals surface area contributed by atoms with Crippen LogP contribution in [0.5, 0.6) is 0 Å². The van der Waals surface area contributed by atoms with Crippen molar-refractivity contribution >= 4 is 102 Å². The maximum absolute atomic E-state index is 2.76. The van der Waals surface area contributed by atoms with Crippen molar-refractivity contribution in [3.63, 3.8) is 0 Å². The molecule has 0 bridgehead atoms. The number of anilines is 12. The van der Waals surface area contributed by atoms with Crippen LogP contribution < -0.4 is 36.0 Å². The van der Waals surface area contributed by atoms with Crippen molar-refractivity contribution in [1.29, 1.82) is 0 Å². The minimum absolute atomic E-state index is 0.0313. The second-order valence-electron chi connectivity index (χ2n) is 36.9. The lowest BCUT2D eigenvalue weighted by Gasteiger charge is -2.46. The highest BCUT2D eigenvalue weighted by atomic mass is 15.2. The van der Waals surface area contributed by atoms with Crippen molar-refractivity contribution in [2.24, 2.45) is 0 Å². The quantitative estimate of drug-likeness (QED) is 0.141. The van der Waals surface area contributed by atoms with E-state index in [1.54, 1.807) is 0 Å². The van der Waals surface area contributed by atoms with Crippen LogP contribution in [0.15, 0.2) is 218 Å². The van der Waals surface area contributed by atoms with E-state index in [-0.39, 0.29) is 44.6 Å². The zero-order chi connectivity index (χ0) is 71.5. The first-order chi connectivity index (χ1) is 46.8. The normalized spacial score (nSPS) is 14.4. The molecule has 0 radical (unpaired) electrons. The van der Waals surface area contributed by atoms with Crippen LogP contribution in [-0.2, 0) is 43.3 Å². The molecule has 0 unspecified atom stereocenters. The molecule has 0 saturated heterocycles. The summed E-state index contributed by atoms with van der Waals surface area (Å²) in [6.07, 6.45) is 0. The van der Waals surface area contributed by atoms with E-state index in [4.69, 9.17) is 0 Å². The topological polar surface area (TPSA) is 13.0 Å². The number of hydrogen-bond acceptors (Lipinski definition) is 4. The molecule has 5 heteroatoms. The first kappa shape index (κ1) is 68.1. The van der Waals surface area contributed by atoms with Gasteiger partial charge in [-0.2, -0.15) is 0 Å². The Bertz CT molecular complexity index is 4860. The van der Waals surface area contributed by atoms with Gasteiger partial charge in [0, 0.05) is 62.3 Å². The average molecular weight is 1310 g/mol. The van der Waals surface area contributed by atoms with E-state index in [1.165, 1.54) is 99.7 Å². The van der Waals surface area contributed by atoms with Gasteiger partial charge in [0.05, 0.1) is 11.4 Å². The highest BCUT2D eigenvalue weighted by Crippen LogP contribution is 2.60. The van der Waals surface area contributed by atoms with Gasteiger partial charge in [0.25, 0.3) is 6.71 Å². The molecule has 0 fully saturated rings. The molecular formula is C95H105BN4. The largest absolute Gasteiger partial charge is 0.311 e. The molecule has 2 heterocycles. The standard InChI is InChI=1S/C95H105BN4/c1-88(2,3)61-29-41-68(42-30-61)97(69-43-31-62(32-44-69)89(4,5)6)73-56-76-85-75-27-25-24-26-60(75)28-51-77(85)95(22,23)86(76)82(57-73)100-81-53-40-67(94(19,20)21)55-79(81)96-78-54-66(93(16,17)18)39-52-80(78)99(72-49-37-65(38-50-72)92(13,14)15)83-58-74(59-84(100)87(83)96)98(70-45-33-63(34-46-70)90(7,8)9)71-47-35-64(36-48-71)91(10,11)12/h24-59H,1-23H3. The predicted octanol–water partition coefficient (Wildman–Crippen LogP) is 25.3. The average Bonchev–Trinajstić information content (AvgIpc) is 1.13. The van der Waals surface area contributed by atoms with Crippen LogP contribution in [0.25, 0.3) is 21.9 Å². The Labute approximate surface area is 600 Å². The van der Waals surface area contributed by atoms with Gasteiger partial charge >= 0.3 is 0 Å². The number of nitrogens with zero attached hydrogens (tertiary/aromatic N) is 4. The molecule has 508 valence electrons. The molecule has 0 saturated carbocycles. The van der Waals surface area contributed by atoms with Crippen molar-refractivity contribution in [2.75, 3.05) is 19.6 Å². The lowest BCUT2D eigenvalue weighted by molar-refractivity contribution is 0.590. The van der Waals surface area contributed by atoms with Gasteiger partial charge in [0.2, 0.25) is 0 Å². The zero-order valence-corrected chi connectivity index (χ0v) is 64.2. The molecule has 4 nitrogen and oxygen atoms in total. The number of benzene rings is 11. The second kappa shape index (κ2) is 23.5. The van der Waals surface area contributed by atoms with E-state index in [1.807, 2.05) is 0 Å². The molecule has 100 heavy (non-hydrogen) atoms. The van der Waals surface area contributed by atoms with Crippen LogP contribution in [0.1, 0.15) is 209 Å². The third-order valence-corrected chi connectivity index (χ3v) is 22.1. The molecule has 0 amide bonds. The van der Waals surface area contributed by atoms with Crippen LogP contribution in [0.4, 0.5) is 68.2 Å². The first-order valence-corrected chi connectivity index (χ1v) is 36.7. The highest BCUT2D eigenvalue weighted by Gasteiger charge is 2.48. The monoisotopic (exact) mass is 1310 g/mol. The smallest absolute Gasteiger partial charge is 0.252 e. The summed E-state index contributed by atoms with van der Waals surface area (Å²) < 4.78 is 0. The summed E-state index contributed by atoms with van der Waals surface area (Å²) in [7, 11) is 0. The fourth-order valence-corrected chi connectivity index (χ4v) is 16.0. The molecule has 11 aromatic rings. The van der Waals surface area contributed by atoms with Crippen LogP contribution in [0.3, 0.4) is 0 Å². The van der Waals surface area contributed by atoms with Crippen LogP contribution in [0, 0.1) is 0 Å². The Hall–Kier alpha value is -9.06. The summed E-state index contributed by atoms with van der Waals surface area (Å²) in [6, 6.07) is 86.3. The Kier molecular flexibility index (Phi) is 16.0. The van der Waals surface area contributed by atoms with Gasteiger partial charge in [-0.25, -0.2) is 0 Å². The predicted molar refractivity (Wildman–Crippen MR) is 436 cm³/mol. The van der Waals surface area contributed by atoms with Gasteiger partial charge in [0.1, 0.15) is 0 Å². The minimum Gasteiger partial charge on any atom is -0.311 e. The van der Waals surface area contributed by atoms with E-state index in [9.17, 15) is 0 Å². The van der Waals surface area contributed by atoms with Gasteiger partial charge in [-0.05, 0) is 223 Å². The van der Waals surface area contributed by atoms with Gasteiger partial charge in [-0.3, -0.25) is 0 Å². The van der Waals surface area contributed by atoms with Crippen molar-refractivity contribution in [1.82, 2.24) is 0 Å². The zero-order valence-electron chi connectivity index (χ0n) is 64.2. The van der Waals surface area contributed by atoms with Crippen molar-refractivity contribution in [3.8, 4) is 11.1 Å². The Morgan fingerprint density at radius 3 is 1.04 bits per heavy atom. The number of rotatable bonds is 8. The van der Waals surface area contributed by atoms with E-state index < -0.39 is 5.41 Å². The molecule has 0 aromatic heterocycles. The second-order valence-corrected chi connectivity index (χ2v) is 36.9. The van der Waals surface area contributed by atoms with Gasteiger partial charge in [-0.15, -0.1) is 0 Å². The lowest BCUT2D eigenvalue weighted by atomic mass is 9.33. The van der Waals surface area contributed by atoms with Gasteiger partial charge < -0.3 is 19.6 Å². The molecule has 3 aliphatic rings. The number of fused-ring (bicyclic) bond motifs is 9. The summed E-state index contributed by atoms with van der Waals surface area (Å²) in [5.74, 6) is 0. The Balaban J connectivity index is 1.17. The van der Waals surface area contributed by atoms with Crippen molar-refractivity contribution in [3.05, 3.63) is 268 Å². The molecule has 0 spiro atoms. The van der Waals surface area contributed by atoms with Crippen LogP contribution in [0.2, 0.25) is 0 Å². The van der Waals surface area contributed by atoms with Crippen molar-refractivity contribution < 1.29 is 0 Å². The molecular weight excluding hydrogens is 1210 g/mol. The fraction of sp³-hybridized carbons (Fsp3) is 0.326. The van der Waals surface area contributed by atoms with Gasteiger partial charge in [-0.1, -0.05) is 281 Å². The maximum atomic E-state index is 2.76. The molecule has 14 rings (SSSR count). The summed E-state index contributed by atoms with van der Waals surface area (Å²) >= 11 is 0. The van der Waals surface area contributed by atoms with E-state index in [2.05, 4.69) is 397 Å². The molecule has 1 aliphatic carbocycles. The molecule has 2 aliphatic heterocycles. The first-order valence-electron chi connectivity index (χ1n) is 36.7.